The number of hydrogen-bond donors (Lipinski definition) is 2. The first-order chi connectivity index (χ1) is 9.24. The van der Waals surface area contributed by atoms with Crippen molar-refractivity contribution >= 4 is 11.6 Å². The molecule has 0 bridgehead atoms. The van der Waals surface area contributed by atoms with Crippen molar-refractivity contribution in [1.29, 1.82) is 0 Å². The molecular weight excluding hydrogens is 262 g/mol. The second kappa shape index (κ2) is 6.52. The van der Waals surface area contributed by atoms with Gasteiger partial charge in [-0.05, 0) is 30.2 Å². The zero-order chi connectivity index (χ0) is 13.7. The lowest BCUT2D eigenvalue weighted by molar-refractivity contribution is 0.397. The van der Waals surface area contributed by atoms with E-state index in [9.17, 15) is 0 Å². The molecule has 0 saturated heterocycles. The van der Waals surface area contributed by atoms with Gasteiger partial charge in [-0.2, -0.15) is 0 Å². The van der Waals surface area contributed by atoms with Crippen molar-refractivity contribution in [3.8, 4) is 5.75 Å². The lowest BCUT2D eigenvalue weighted by Crippen LogP contribution is -2.30. The van der Waals surface area contributed by atoms with Crippen LogP contribution in [0.3, 0.4) is 0 Å². The molecule has 1 heterocycles. The number of nitrogens with two attached hydrogens (primary N) is 1. The molecule has 1 aromatic heterocycles. The molecule has 0 fully saturated rings. The molecule has 1 unspecified atom stereocenters. The molecule has 0 aliphatic rings. The monoisotopic (exact) mass is 277 g/mol. The summed E-state index contributed by atoms with van der Waals surface area (Å²) < 4.78 is 5.31. The molecule has 1 aromatic carbocycles. The first-order valence-electron chi connectivity index (χ1n) is 5.93. The topological polar surface area (TPSA) is 60.2 Å². The highest BCUT2D eigenvalue weighted by molar-refractivity contribution is 6.30. The number of halogens is 1. The van der Waals surface area contributed by atoms with E-state index in [1.54, 1.807) is 19.5 Å². The quantitative estimate of drug-likeness (QED) is 0.651. The van der Waals surface area contributed by atoms with Crippen LogP contribution in [0.4, 0.5) is 0 Å². The normalized spacial score (nSPS) is 12.2. The Morgan fingerprint density at radius 2 is 2.05 bits per heavy atom. The molecule has 0 radical (unpaired) electrons. The second-order valence-corrected chi connectivity index (χ2v) is 4.60. The zero-order valence-corrected chi connectivity index (χ0v) is 11.4. The molecule has 0 spiro atoms. The molecule has 3 N–H and O–H groups in total. The third kappa shape index (κ3) is 3.44. The van der Waals surface area contributed by atoms with Gasteiger partial charge in [-0.15, -0.1) is 0 Å². The van der Waals surface area contributed by atoms with Crippen LogP contribution in [0.2, 0.25) is 5.02 Å². The molecule has 0 saturated carbocycles. The minimum absolute atomic E-state index is 0.0425. The SMILES string of the molecule is COc1cnccc1C(Cc1ccc(Cl)cc1)NN. The largest absolute Gasteiger partial charge is 0.495 e. The third-order valence-electron chi connectivity index (χ3n) is 2.97. The van der Waals surface area contributed by atoms with Crippen molar-refractivity contribution in [2.75, 3.05) is 7.11 Å². The molecule has 100 valence electrons. The maximum atomic E-state index is 5.88. The Morgan fingerprint density at radius 1 is 1.32 bits per heavy atom. The summed E-state index contributed by atoms with van der Waals surface area (Å²) in [6.07, 6.45) is 4.15. The number of hydrazine groups is 1. The maximum absolute atomic E-state index is 5.88. The van der Waals surface area contributed by atoms with E-state index < -0.39 is 0 Å². The number of rotatable bonds is 5. The highest BCUT2D eigenvalue weighted by atomic mass is 35.5. The number of pyridine rings is 1. The van der Waals surface area contributed by atoms with E-state index >= 15 is 0 Å². The van der Waals surface area contributed by atoms with Crippen molar-refractivity contribution in [3.05, 3.63) is 58.9 Å². The van der Waals surface area contributed by atoms with Gasteiger partial charge in [-0.1, -0.05) is 23.7 Å². The predicted octanol–water partition coefficient (Wildman–Crippen LogP) is 2.49. The van der Waals surface area contributed by atoms with E-state index in [2.05, 4.69) is 10.4 Å². The van der Waals surface area contributed by atoms with E-state index in [1.807, 2.05) is 30.3 Å². The van der Waals surface area contributed by atoms with Crippen LogP contribution < -0.4 is 16.0 Å². The number of nitrogens with one attached hydrogen (secondary N) is 1. The Balaban J connectivity index is 2.22. The van der Waals surface area contributed by atoms with Gasteiger partial charge in [0.15, 0.2) is 0 Å². The molecule has 0 aliphatic carbocycles. The van der Waals surface area contributed by atoms with Gasteiger partial charge in [0.25, 0.3) is 0 Å². The minimum atomic E-state index is -0.0425. The number of aromatic nitrogens is 1. The van der Waals surface area contributed by atoms with Crippen LogP contribution in [-0.2, 0) is 6.42 Å². The van der Waals surface area contributed by atoms with Gasteiger partial charge < -0.3 is 4.74 Å². The average molecular weight is 278 g/mol. The lowest BCUT2D eigenvalue weighted by atomic mass is 10.00. The first-order valence-corrected chi connectivity index (χ1v) is 6.31. The van der Waals surface area contributed by atoms with Crippen LogP contribution in [0.15, 0.2) is 42.7 Å². The fourth-order valence-corrected chi connectivity index (χ4v) is 2.09. The molecule has 5 heteroatoms. The van der Waals surface area contributed by atoms with Crippen LogP contribution in [0.1, 0.15) is 17.2 Å². The number of benzene rings is 1. The Bertz CT molecular complexity index is 530. The van der Waals surface area contributed by atoms with Crippen LogP contribution in [0, 0.1) is 0 Å². The summed E-state index contributed by atoms with van der Waals surface area (Å²) in [5.74, 6) is 6.38. The fraction of sp³-hybridized carbons (Fsp3) is 0.214. The van der Waals surface area contributed by atoms with Crippen LogP contribution in [-0.4, -0.2) is 12.1 Å². The van der Waals surface area contributed by atoms with Crippen molar-refractivity contribution in [1.82, 2.24) is 10.4 Å². The molecule has 0 amide bonds. The van der Waals surface area contributed by atoms with Gasteiger partial charge in [-0.25, -0.2) is 0 Å². The van der Waals surface area contributed by atoms with Gasteiger partial charge >= 0.3 is 0 Å². The van der Waals surface area contributed by atoms with E-state index in [0.29, 0.717) is 0 Å². The minimum Gasteiger partial charge on any atom is -0.495 e. The van der Waals surface area contributed by atoms with Gasteiger partial charge in [-0.3, -0.25) is 16.3 Å². The predicted molar refractivity (Wildman–Crippen MR) is 76.0 cm³/mol. The summed E-state index contributed by atoms with van der Waals surface area (Å²) in [5, 5.41) is 0.725. The molecule has 19 heavy (non-hydrogen) atoms. The number of ether oxygens (including phenoxy) is 1. The Hall–Kier alpha value is -1.62. The van der Waals surface area contributed by atoms with Crippen molar-refractivity contribution in [2.45, 2.75) is 12.5 Å². The Kier molecular flexibility index (Phi) is 4.74. The van der Waals surface area contributed by atoms with Gasteiger partial charge in [0.1, 0.15) is 5.75 Å². The molecule has 2 aromatic rings. The van der Waals surface area contributed by atoms with Crippen molar-refractivity contribution in [3.63, 3.8) is 0 Å². The summed E-state index contributed by atoms with van der Waals surface area (Å²) in [4.78, 5) is 4.04. The lowest BCUT2D eigenvalue weighted by Gasteiger charge is -2.18. The Morgan fingerprint density at radius 3 is 2.68 bits per heavy atom. The zero-order valence-electron chi connectivity index (χ0n) is 10.6. The summed E-state index contributed by atoms with van der Waals surface area (Å²) >= 11 is 5.88. The number of methoxy groups -OCH3 is 1. The van der Waals surface area contributed by atoms with E-state index in [1.165, 1.54) is 0 Å². The van der Waals surface area contributed by atoms with Crippen molar-refractivity contribution in [2.24, 2.45) is 5.84 Å². The summed E-state index contributed by atoms with van der Waals surface area (Å²) in [6, 6.07) is 9.57. The third-order valence-corrected chi connectivity index (χ3v) is 3.22. The van der Waals surface area contributed by atoms with E-state index in [-0.39, 0.29) is 6.04 Å². The second-order valence-electron chi connectivity index (χ2n) is 4.17. The molecule has 0 aliphatic heterocycles. The number of nitrogens with zero attached hydrogens (tertiary/aromatic N) is 1. The van der Waals surface area contributed by atoms with Crippen LogP contribution in [0.25, 0.3) is 0 Å². The van der Waals surface area contributed by atoms with Crippen LogP contribution in [0.5, 0.6) is 5.75 Å². The van der Waals surface area contributed by atoms with E-state index in [4.69, 9.17) is 22.2 Å². The van der Waals surface area contributed by atoms with Gasteiger partial charge in [0.2, 0.25) is 0 Å². The van der Waals surface area contributed by atoms with Gasteiger partial charge in [0.05, 0.1) is 19.3 Å². The van der Waals surface area contributed by atoms with E-state index in [0.717, 1.165) is 28.3 Å². The van der Waals surface area contributed by atoms with Crippen molar-refractivity contribution < 1.29 is 4.74 Å². The molecular formula is C14H16ClN3O. The smallest absolute Gasteiger partial charge is 0.141 e. The fourth-order valence-electron chi connectivity index (χ4n) is 1.96. The summed E-state index contributed by atoms with van der Waals surface area (Å²) in [7, 11) is 1.62. The Labute approximate surface area is 117 Å². The number of hydrogen-bond acceptors (Lipinski definition) is 4. The maximum Gasteiger partial charge on any atom is 0.141 e. The summed E-state index contributed by atoms with van der Waals surface area (Å²) in [6.45, 7) is 0. The molecule has 4 nitrogen and oxygen atoms in total. The average Bonchev–Trinajstić information content (AvgIpc) is 2.46. The van der Waals surface area contributed by atoms with Crippen LogP contribution >= 0.6 is 11.6 Å². The summed E-state index contributed by atoms with van der Waals surface area (Å²) in [5.41, 5.74) is 4.94. The first kappa shape index (κ1) is 13.8. The highest BCUT2D eigenvalue weighted by Crippen LogP contribution is 2.26. The highest BCUT2D eigenvalue weighted by Gasteiger charge is 2.15. The standard InChI is InChI=1S/C14H16ClN3O/c1-19-14-9-17-7-6-12(14)13(18-16)8-10-2-4-11(15)5-3-10/h2-7,9,13,18H,8,16H2,1H3. The molecule has 1 atom stereocenters. The van der Waals surface area contributed by atoms with Gasteiger partial charge in [0, 0.05) is 16.8 Å². The molecule has 2 rings (SSSR count).